The van der Waals surface area contributed by atoms with Gasteiger partial charge in [-0.25, -0.2) is 0 Å². The van der Waals surface area contributed by atoms with Crippen molar-refractivity contribution >= 4 is 17.4 Å². The Bertz CT molecular complexity index is 1050. The molecule has 0 radical (unpaired) electrons. The van der Waals surface area contributed by atoms with Gasteiger partial charge in [-0.15, -0.1) is 10.2 Å². The van der Waals surface area contributed by atoms with E-state index in [1.807, 2.05) is 43.3 Å². The van der Waals surface area contributed by atoms with Crippen LogP contribution in [0.4, 0.5) is 11.5 Å². The van der Waals surface area contributed by atoms with Gasteiger partial charge >= 0.3 is 0 Å². The van der Waals surface area contributed by atoms with Gasteiger partial charge in [0, 0.05) is 24.3 Å². The van der Waals surface area contributed by atoms with Crippen molar-refractivity contribution < 1.29 is 4.79 Å². The number of aryl methyl sites for hydroxylation is 3. The summed E-state index contributed by atoms with van der Waals surface area (Å²) in [5, 5.41) is 12.0. The fraction of sp³-hybridized carbons (Fsp3) is 0.320. The second-order valence-corrected chi connectivity index (χ2v) is 8.24. The predicted octanol–water partition coefficient (Wildman–Crippen LogP) is 4.92. The predicted molar refractivity (Wildman–Crippen MR) is 122 cm³/mol. The zero-order chi connectivity index (χ0) is 21.1. The van der Waals surface area contributed by atoms with E-state index in [2.05, 4.69) is 52.5 Å². The van der Waals surface area contributed by atoms with Crippen LogP contribution < -0.4 is 10.2 Å². The Balaban J connectivity index is 1.44. The molecule has 0 aliphatic carbocycles. The van der Waals surface area contributed by atoms with Crippen molar-refractivity contribution in [1.29, 1.82) is 0 Å². The van der Waals surface area contributed by atoms with Gasteiger partial charge in [-0.1, -0.05) is 41.5 Å². The molecule has 3 aromatic rings. The van der Waals surface area contributed by atoms with Gasteiger partial charge in [0.05, 0.1) is 11.6 Å². The lowest BCUT2D eigenvalue weighted by Gasteiger charge is -2.32. The lowest BCUT2D eigenvalue weighted by atomic mass is 9.96. The molecule has 0 bridgehead atoms. The summed E-state index contributed by atoms with van der Waals surface area (Å²) in [4.78, 5) is 15.0. The van der Waals surface area contributed by atoms with Crippen molar-refractivity contribution in [2.24, 2.45) is 5.92 Å². The molecule has 5 nitrogen and oxygen atoms in total. The number of carbonyl (C=O) groups is 1. The normalized spacial score (nSPS) is 16.4. The molecule has 4 rings (SSSR count). The number of nitrogens with zero attached hydrogens (tertiary/aromatic N) is 3. The van der Waals surface area contributed by atoms with E-state index in [4.69, 9.17) is 0 Å². The van der Waals surface area contributed by atoms with Crippen molar-refractivity contribution in [1.82, 2.24) is 10.2 Å². The second kappa shape index (κ2) is 8.66. The average Bonchev–Trinajstić information content (AvgIpc) is 2.76. The number of rotatable bonds is 4. The van der Waals surface area contributed by atoms with Crippen LogP contribution in [0.1, 0.15) is 29.5 Å². The Morgan fingerprint density at radius 2 is 1.83 bits per heavy atom. The Morgan fingerprint density at radius 3 is 2.57 bits per heavy atom. The maximum Gasteiger partial charge on any atom is 0.229 e. The first-order chi connectivity index (χ1) is 14.5. The average molecular weight is 401 g/mol. The summed E-state index contributed by atoms with van der Waals surface area (Å²) < 4.78 is 0. The summed E-state index contributed by atoms with van der Waals surface area (Å²) in [5.41, 5.74) is 6.31. The highest BCUT2D eigenvalue weighted by Crippen LogP contribution is 2.25. The number of hydrogen-bond donors (Lipinski definition) is 1. The standard InChI is InChI=1S/C25H28N4O/c1-17-6-4-7-20(15-17)23-11-12-24(28-27-23)29-13-5-8-21(16-29)25(30)26-22-10-9-18(2)14-19(22)3/h4,6-7,9-12,14-15,21H,5,8,13,16H2,1-3H3,(H,26,30)/t21-/m0/s1. The van der Waals surface area contributed by atoms with Crippen LogP contribution in [-0.2, 0) is 4.79 Å². The molecule has 1 amide bonds. The summed E-state index contributed by atoms with van der Waals surface area (Å²) in [6, 6.07) is 18.4. The van der Waals surface area contributed by atoms with Crippen LogP contribution in [0.25, 0.3) is 11.3 Å². The highest BCUT2D eigenvalue weighted by Gasteiger charge is 2.27. The van der Waals surface area contributed by atoms with Crippen LogP contribution in [0.3, 0.4) is 0 Å². The summed E-state index contributed by atoms with van der Waals surface area (Å²) in [7, 11) is 0. The van der Waals surface area contributed by atoms with Gasteiger partial charge < -0.3 is 10.2 Å². The molecule has 0 saturated carbocycles. The topological polar surface area (TPSA) is 58.1 Å². The Labute approximate surface area is 178 Å². The monoisotopic (exact) mass is 400 g/mol. The number of benzene rings is 2. The molecule has 5 heteroatoms. The molecule has 154 valence electrons. The number of anilines is 2. The Kier molecular flexibility index (Phi) is 5.79. The van der Waals surface area contributed by atoms with E-state index in [1.165, 1.54) is 11.1 Å². The van der Waals surface area contributed by atoms with Crippen LogP contribution in [0.2, 0.25) is 0 Å². The highest BCUT2D eigenvalue weighted by molar-refractivity contribution is 5.93. The Hall–Kier alpha value is -3.21. The molecule has 2 aromatic carbocycles. The zero-order valence-electron chi connectivity index (χ0n) is 17.9. The third-order valence-corrected chi connectivity index (χ3v) is 5.72. The number of hydrogen-bond acceptors (Lipinski definition) is 4. The van der Waals surface area contributed by atoms with Crippen molar-refractivity contribution in [2.75, 3.05) is 23.3 Å². The largest absolute Gasteiger partial charge is 0.354 e. The number of piperidine rings is 1. The summed E-state index contributed by atoms with van der Waals surface area (Å²) >= 11 is 0. The van der Waals surface area contributed by atoms with E-state index in [0.717, 1.165) is 47.7 Å². The van der Waals surface area contributed by atoms with E-state index >= 15 is 0 Å². The zero-order valence-corrected chi connectivity index (χ0v) is 17.9. The fourth-order valence-corrected chi connectivity index (χ4v) is 4.04. The first-order valence-electron chi connectivity index (χ1n) is 10.5. The fourth-order valence-electron chi connectivity index (χ4n) is 4.04. The lowest BCUT2D eigenvalue weighted by Crippen LogP contribution is -2.41. The van der Waals surface area contributed by atoms with Gasteiger partial charge in [0.2, 0.25) is 5.91 Å². The summed E-state index contributed by atoms with van der Waals surface area (Å²) in [6.45, 7) is 7.72. The molecule has 0 spiro atoms. The third-order valence-electron chi connectivity index (χ3n) is 5.72. The van der Waals surface area contributed by atoms with E-state index in [-0.39, 0.29) is 11.8 Å². The van der Waals surface area contributed by atoms with Crippen molar-refractivity contribution in [3.8, 4) is 11.3 Å². The van der Waals surface area contributed by atoms with Crippen LogP contribution in [0.15, 0.2) is 54.6 Å². The van der Waals surface area contributed by atoms with Crippen LogP contribution in [0, 0.1) is 26.7 Å². The van der Waals surface area contributed by atoms with Gasteiger partial charge in [-0.2, -0.15) is 0 Å². The van der Waals surface area contributed by atoms with E-state index < -0.39 is 0 Å². The van der Waals surface area contributed by atoms with Crippen molar-refractivity contribution in [2.45, 2.75) is 33.6 Å². The molecule has 1 atom stereocenters. The molecule has 1 aliphatic heterocycles. The number of carbonyl (C=O) groups excluding carboxylic acids is 1. The highest BCUT2D eigenvalue weighted by atomic mass is 16.1. The van der Waals surface area contributed by atoms with Crippen molar-refractivity contribution in [3.05, 3.63) is 71.3 Å². The van der Waals surface area contributed by atoms with Crippen LogP contribution in [-0.4, -0.2) is 29.2 Å². The molecule has 1 aliphatic rings. The molecule has 1 fully saturated rings. The van der Waals surface area contributed by atoms with Gasteiger partial charge in [0.25, 0.3) is 0 Å². The number of amides is 1. The van der Waals surface area contributed by atoms with Crippen LogP contribution in [0.5, 0.6) is 0 Å². The van der Waals surface area contributed by atoms with Crippen LogP contribution >= 0.6 is 0 Å². The molecule has 1 aromatic heterocycles. The lowest BCUT2D eigenvalue weighted by molar-refractivity contribution is -0.120. The minimum atomic E-state index is -0.0577. The van der Waals surface area contributed by atoms with Gasteiger partial charge in [-0.05, 0) is 63.4 Å². The molecule has 30 heavy (non-hydrogen) atoms. The molecular formula is C25H28N4O. The molecule has 0 unspecified atom stereocenters. The van der Waals surface area contributed by atoms with Gasteiger partial charge in [0.1, 0.15) is 0 Å². The second-order valence-electron chi connectivity index (χ2n) is 8.24. The van der Waals surface area contributed by atoms with E-state index in [0.29, 0.717) is 6.54 Å². The minimum absolute atomic E-state index is 0.0577. The van der Waals surface area contributed by atoms with E-state index in [1.54, 1.807) is 0 Å². The van der Waals surface area contributed by atoms with Gasteiger partial charge in [0.15, 0.2) is 5.82 Å². The quantitative estimate of drug-likeness (QED) is 0.675. The Morgan fingerprint density at radius 1 is 1.00 bits per heavy atom. The van der Waals surface area contributed by atoms with Crippen molar-refractivity contribution in [3.63, 3.8) is 0 Å². The SMILES string of the molecule is Cc1cccc(-c2ccc(N3CCC[C@H](C(=O)Nc4ccc(C)cc4C)C3)nn2)c1. The first kappa shape index (κ1) is 20.1. The van der Waals surface area contributed by atoms with Gasteiger partial charge in [-0.3, -0.25) is 4.79 Å². The number of nitrogens with one attached hydrogen (secondary N) is 1. The molecular weight excluding hydrogens is 372 g/mol. The third kappa shape index (κ3) is 4.51. The molecule has 1 N–H and O–H groups in total. The maximum absolute atomic E-state index is 12.9. The first-order valence-corrected chi connectivity index (χ1v) is 10.5. The maximum atomic E-state index is 12.9. The summed E-state index contributed by atoms with van der Waals surface area (Å²) in [6.07, 6.45) is 1.86. The minimum Gasteiger partial charge on any atom is -0.354 e. The van der Waals surface area contributed by atoms with E-state index in [9.17, 15) is 4.79 Å². The number of aromatic nitrogens is 2. The molecule has 2 heterocycles. The smallest absolute Gasteiger partial charge is 0.229 e. The molecule has 1 saturated heterocycles. The summed E-state index contributed by atoms with van der Waals surface area (Å²) in [5.74, 6) is 0.851.